The summed E-state index contributed by atoms with van der Waals surface area (Å²) in [5.41, 5.74) is 0.584. The van der Waals surface area contributed by atoms with Gasteiger partial charge in [-0.2, -0.15) is 0 Å². The molecule has 0 aliphatic carbocycles. The standard InChI is InChI=1S/C13H14ClNO2S/c1-13(2,7-11(16)17)6-10-15-9-5-3-4-8(14)12(9)18-10/h3-5H,6-7H2,1-2H3,(H,16,17). The van der Waals surface area contributed by atoms with Gasteiger partial charge in [0.05, 0.1) is 26.7 Å². The number of carboxylic acids is 1. The number of carbonyl (C=O) groups is 1. The SMILES string of the molecule is CC(C)(CC(=O)O)Cc1nc2cccc(Cl)c2s1. The predicted molar refractivity (Wildman–Crippen MR) is 74.4 cm³/mol. The second-order valence-electron chi connectivity index (χ2n) is 5.11. The van der Waals surface area contributed by atoms with E-state index in [1.807, 2.05) is 32.0 Å². The fourth-order valence-electron chi connectivity index (χ4n) is 1.92. The van der Waals surface area contributed by atoms with Crippen molar-refractivity contribution in [3.8, 4) is 0 Å². The van der Waals surface area contributed by atoms with Gasteiger partial charge in [-0.05, 0) is 17.5 Å². The lowest BCUT2D eigenvalue weighted by atomic mass is 9.86. The summed E-state index contributed by atoms with van der Waals surface area (Å²) in [5.74, 6) is -0.779. The molecule has 1 N–H and O–H groups in total. The lowest BCUT2D eigenvalue weighted by Crippen LogP contribution is -2.19. The lowest BCUT2D eigenvalue weighted by Gasteiger charge is -2.20. The molecule has 0 aliphatic rings. The number of nitrogens with zero attached hydrogens (tertiary/aromatic N) is 1. The topological polar surface area (TPSA) is 50.2 Å². The fourth-order valence-corrected chi connectivity index (χ4v) is 3.43. The first-order valence-corrected chi connectivity index (χ1v) is 6.82. The second kappa shape index (κ2) is 4.86. The Hall–Kier alpha value is -1.13. The van der Waals surface area contributed by atoms with Gasteiger partial charge in [0.2, 0.25) is 0 Å². The van der Waals surface area contributed by atoms with Crippen LogP contribution in [0.25, 0.3) is 10.2 Å². The summed E-state index contributed by atoms with van der Waals surface area (Å²) < 4.78 is 0.972. The number of rotatable bonds is 4. The van der Waals surface area contributed by atoms with Crippen molar-refractivity contribution in [1.29, 1.82) is 0 Å². The van der Waals surface area contributed by atoms with E-state index < -0.39 is 5.97 Å². The number of fused-ring (bicyclic) bond motifs is 1. The molecule has 0 spiro atoms. The molecule has 0 unspecified atom stereocenters. The summed E-state index contributed by atoms with van der Waals surface area (Å²) >= 11 is 7.64. The minimum absolute atomic E-state index is 0.136. The van der Waals surface area contributed by atoms with Gasteiger partial charge in [0.1, 0.15) is 0 Å². The lowest BCUT2D eigenvalue weighted by molar-refractivity contribution is -0.139. The molecule has 1 heterocycles. The molecule has 2 rings (SSSR count). The molecule has 0 fully saturated rings. The highest BCUT2D eigenvalue weighted by molar-refractivity contribution is 7.19. The second-order valence-corrected chi connectivity index (χ2v) is 6.60. The van der Waals surface area contributed by atoms with Gasteiger partial charge in [0.15, 0.2) is 0 Å². The maximum atomic E-state index is 10.8. The summed E-state index contributed by atoms with van der Waals surface area (Å²) in [5, 5.41) is 10.5. The van der Waals surface area contributed by atoms with Crippen molar-refractivity contribution in [1.82, 2.24) is 4.98 Å². The van der Waals surface area contributed by atoms with Crippen LogP contribution in [-0.4, -0.2) is 16.1 Å². The molecule has 0 bridgehead atoms. The number of aliphatic carboxylic acids is 1. The predicted octanol–water partition coefficient (Wildman–Crippen LogP) is 3.99. The molecule has 3 nitrogen and oxygen atoms in total. The van der Waals surface area contributed by atoms with Gasteiger partial charge in [-0.25, -0.2) is 4.98 Å². The Kier molecular flexibility index (Phi) is 3.59. The summed E-state index contributed by atoms with van der Waals surface area (Å²) in [7, 11) is 0. The van der Waals surface area contributed by atoms with Crippen LogP contribution >= 0.6 is 22.9 Å². The van der Waals surface area contributed by atoms with Gasteiger partial charge < -0.3 is 5.11 Å². The Morgan fingerprint density at radius 3 is 2.83 bits per heavy atom. The zero-order chi connectivity index (χ0) is 13.3. The van der Waals surface area contributed by atoms with Crippen LogP contribution in [0.2, 0.25) is 5.02 Å². The maximum absolute atomic E-state index is 10.8. The van der Waals surface area contributed by atoms with Crippen LogP contribution in [0.3, 0.4) is 0 Å². The molecule has 18 heavy (non-hydrogen) atoms. The van der Waals surface area contributed by atoms with Gasteiger partial charge in [-0.3, -0.25) is 4.79 Å². The number of carboxylic acid groups (broad SMARTS) is 1. The zero-order valence-electron chi connectivity index (χ0n) is 10.2. The molecule has 1 aromatic carbocycles. The highest BCUT2D eigenvalue weighted by Gasteiger charge is 2.24. The molecule has 0 saturated heterocycles. The van der Waals surface area contributed by atoms with Gasteiger partial charge in [0, 0.05) is 6.42 Å². The van der Waals surface area contributed by atoms with Crippen LogP contribution < -0.4 is 0 Å². The molecule has 0 saturated carbocycles. The molecule has 5 heteroatoms. The summed E-state index contributed by atoms with van der Waals surface area (Å²) in [6.07, 6.45) is 0.783. The third-order valence-electron chi connectivity index (χ3n) is 2.67. The monoisotopic (exact) mass is 283 g/mol. The van der Waals surface area contributed by atoms with Crippen molar-refractivity contribution in [2.75, 3.05) is 0 Å². The van der Waals surface area contributed by atoms with Crippen LogP contribution in [0.5, 0.6) is 0 Å². The summed E-state index contributed by atoms with van der Waals surface area (Å²) in [4.78, 5) is 15.3. The van der Waals surface area contributed by atoms with E-state index in [0.29, 0.717) is 11.4 Å². The maximum Gasteiger partial charge on any atom is 0.303 e. The third-order valence-corrected chi connectivity index (χ3v) is 4.20. The first-order chi connectivity index (χ1) is 8.37. The summed E-state index contributed by atoms with van der Waals surface area (Å²) in [6, 6.07) is 5.64. The van der Waals surface area contributed by atoms with E-state index in [4.69, 9.17) is 16.7 Å². The van der Waals surface area contributed by atoms with E-state index >= 15 is 0 Å². The third kappa shape index (κ3) is 3.00. The highest BCUT2D eigenvalue weighted by Crippen LogP contribution is 2.33. The molecule has 0 radical (unpaired) electrons. The zero-order valence-corrected chi connectivity index (χ0v) is 11.8. The Labute approximate surface area is 114 Å². The number of thiazole rings is 1. The molecule has 0 amide bonds. The normalized spacial score (nSPS) is 11.9. The van der Waals surface area contributed by atoms with E-state index in [-0.39, 0.29) is 11.8 Å². The van der Waals surface area contributed by atoms with Crippen LogP contribution in [-0.2, 0) is 11.2 Å². The van der Waals surface area contributed by atoms with E-state index in [0.717, 1.165) is 15.2 Å². The van der Waals surface area contributed by atoms with E-state index in [2.05, 4.69) is 4.98 Å². The Bertz CT molecular complexity index is 592. The molecule has 0 aliphatic heterocycles. The molecule has 0 atom stereocenters. The quantitative estimate of drug-likeness (QED) is 0.923. The molecular weight excluding hydrogens is 270 g/mol. The van der Waals surface area contributed by atoms with Crippen molar-refractivity contribution >= 4 is 39.1 Å². The van der Waals surface area contributed by atoms with Crippen molar-refractivity contribution < 1.29 is 9.90 Å². The molecular formula is C13H14ClNO2S. The molecule has 2 aromatic rings. The van der Waals surface area contributed by atoms with Crippen LogP contribution in [0.15, 0.2) is 18.2 Å². The number of aromatic nitrogens is 1. The average Bonchev–Trinajstić information content (AvgIpc) is 2.58. The van der Waals surface area contributed by atoms with E-state index in [1.54, 1.807) is 11.3 Å². The Balaban J connectivity index is 2.27. The van der Waals surface area contributed by atoms with Crippen molar-refractivity contribution in [3.05, 3.63) is 28.2 Å². The van der Waals surface area contributed by atoms with Gasteiger partial charge in [0.25, 0.3) is 0 Å². The van der Waals surface area contributed by atoms with E-state index in [1.165, 1.54) is 0 Å². The first kappa shape index (κ1) is 13.3. The van der Waals surface area contributed by atoms with E-state index in [9.17, 15) is 4.79 Å². The number of hydrogen-bond donors (Lipinski definition) is 1. The summed E-state index contributed by atoms with van der Waals surface area (Å²) in [6.45, 7) is 3.88. The smallest absolute Gasteiger partial charge is 0.303 e. The van der Waals surface area contributed by atoms with Gasteiger partial charge >= 0.3 is 5.97 Å². The van der Waals surface area contributed by atoms with Gasteiger partial charge in [-0.15, -0.1) is 11.3 Å². The molecule has 96 valence electrons. The molecule has 1 aromatic heterocycles. The fraction of sp³-hybridized carbons (Fsp3) is 0.385. The van der Waals surface area contributed by atoms with Crippen molar-refractivity contribution in [2.24, 2.45) is 5.41 Å². The van der Waals surface area contributed by atoms with Crippen LogP contribution in [0, 0.1) is 5.41 Å². The Morgan fingerprint density at radius 1 is 1.50 bits per heavy atom. The van der Waals surface area contributed by atoms with Gasteiger partial charge in [-0.1, -0.05) is 31.5 Å². The average molecular weight is 284 g/mol. The minimum atomic E-state index is -0.779. The van der Waals surface area contributed by atoms with Crippen LogP contribution in [0.4, 0.5) is 0 Å². The first-order valence-electron chi connectivity index (χ1n) is 5.63. The largest absolute Gasteiger partial charge is 0.481 e. The number of hydrogen-bond acceptors (Lipinski definition) is 3. The number of benzene rings is 1. The Morgan fingerprint density at radius 2 is 2.22 bits per heavy atom. The highest BCUT2D eigenvalue weighted by atomic mass is 35.5. The number of halogens is 1. The van der Waals surface area contributed by atoms with Crippen molar-refractivity contribution in [2.45, 2.75) is 26.7 Å². The van der Waals surface area contributed by atoms with Crippen molar-refractivity contribution in [3.63, 3.8) is 0 Å². The minimum Gasteiger partial charge on any atom is -0.481 e. The van der Waals surface area contributed by atoms with Crippen LogP contribution in [0.1, 0.15) is 25.3 Å².